The Morgan fingerprint density at radius 3 is 2.76 bits per heavy atom. The highest BCUT2D eigenvalue weighted by Crippen LogP contribution is 2.42. The van der Waals surface area contributed by atoms with Crippen molar-refractivity contribution in [2.45, 2.75) is 31.4 Å². The summed E-state index contributed by atoms with van der Waals surface area (Å²) in [5.74, 6) is -0.166. The number of primary amides is 1. The summed E-state index contributed by atoms with van der Waals surface area (Å²) in [7, 11) is 0. The number of hydrogen-bond donors (Lipinski definition) is 4. The lowest BCUT2D eigenvalue weighted by molar-refractivity contribution is -0.144. The van der Waals surface area contributed by atoms with Crippen LogP contribution in [0.15, 0.2) is 24.4 Å². The summed E-state index contributed by atoms with van der Waals surface area (Å²) in [5, 5.41) is 6.10. The molecular formula is C18H18F3N7O. The van der Waals surface area contributed by atoms with E-state index in [-0.39, 0.29) is 23.4 Å². The topological polar surface area (TPSA) is 122 Å². The summed E-state index contributed by atoms with van der Waals surface area (Å²) in [6.07, 6.45) is -0.540. The molecule has 0 unspecified atom stereocenters. The smallest absolute Gasteiger partial charge is 0.370 e. The van der Waals surface area contributed by atoms with Crippen molar-refractivity contribution in [2.24, 2.45) is 5.73 Å². The fraction of sp³-hybridized carbons (Fsp3) is 0.333. The minimum atomic E-state index is -4.54. The number of imidazole rings is 1. The lowest BCUT2D eigenvalue weighted by atomic mass is 10.2. The predicted molar refractivity (Wildman–Crippen MR) is 101 cm³/mol. The first-order valence-corrected chi connectivity index (χ1v) is 9.02. The number of anilines is 3. The molecule has 0 spiro atoms. The quantitative estimate of drug-likeness (QED) is 0.479. The molecule has 0 aliphatic heterocycles. The average molecular weight is 405 g/mol. The lowest BCUT2D eigenvalue weighted by Gasteiger charge is -2.12. The van der Waals surface area contributed by atoms with Crippen molar-refractivity contribution in [1.82, 2.24) is 19.9 Å². The number of amides is 1. The second-order valence-corrected chi connectivity index (χ2v) is 6.86. The highest BCUT2D eigenvalue weighted by Gasteiger charge is 2.34. The van der Waals surface area contributed by atoms with Gasteiger partial charge < -0.3 is 21.4 Å². The highest BCUT2D eigenvalue weighted by molar-refractivity contribution is 5.80. The monoisotopic (exact) mass is 405 g/mol. The molecule has 0 atom stereocenters. The van der Waals surface area contributed by atoms with E-state index >= 15 is 0 Å². The Kier molecular flexibility index (Phi) is 4.73. The van der Waals surface area contributed by atoms with Gasteiger partial charge in [-0.1, -0.05) is 0 Å². The van der Waals surface area contributed by atoms with Gasteiger partial charge in [0.2, 0.25) is 17.7 Å². The van der Waals surface area contributed by atoms with Gasteiger partial charge in [-0.05, 0) is 37.0 Å². The number of nitrogens with one attached hydrogen (secondary N) is 3. The standard InChI is InChI=1S/C18H18F3N7O/c19-18(20,21)16-26-12-4-3-10(7-13(12)27-16)25-17-24-8-11(9-1-2-9)15(28-17)23-6-5-14(22)29/h3-4,7-9H,1-2,5-6H2,(H2,22,29)(H,26,27)(H2,23,24,25,28). The molecule has 1 aliphatic rings. The zero-order chi connectivity index (χ0) is 20.6. The second-order valence-electron chi connectivity index (χ2n) is 6.86. The van der Waals surface area contributed by atoms with Crippen LogP contribution in [0, 0.1) is 0 Å². The maximum absolute atomic E-state index is 12.8. The SMILES string of the molecule is NC(=O)CCNc1nc(Nc2ccc3nc(C(F)(F)F)[nH]c3c2)ncc1C1CC1. The first kappa shape index (κ1) is 19.0. The zero-order valence-electron chi connectivity index (χ0n) is 15.2. The number of alkyl halides is 3. The third-order valence-corrected chi connectivity index (χ3v) is 4.50. The van der Waals surface area contributed by atoms with Gasteiger partial charge >= 0.3 is 6.18 Å². The zero-order valence-corrected chi connectivity index (χ0v) is 15.2. The normalized spacial score (nSPS) is 14.2. The Bertz CT molecular complexity index is 1060. The number of hydrogen-bond acceptors (Lipinski definition) is 6. The van der Waals surface area contributed by atoms with Crippen LogP contribution in [0.25, 0.3) is 11.0 Å². The van der Waals surface area contributed by atoms with Crippen LogP contribution < -0.4 is 16.4 Å². The van der Waals surface area contributed by atoms with Gasteiger partial charge in [0.05, 0.1) is 11.0 Å². The molecular weight excluding hydrogens is 387 g/mol. The molecule has 2 aromatic heterocycles. The minimum Gasteiger partial charge on any atom is -0.370 e. The predicted octanol–water partition coefficient (Wildman–Crippen LogP) is 3.28. The van der Waals surface area contributed by atoms with Crippen LogP contribution in [0.2, 0.25) is 0 Å². The fourth-order valence-electron chi connectivity index (χ4n) is 2.94. The molecule has 8 nitrogen and oxygen atoms in total. The molecule has 29 heavy (non-hydrogen) atoms. The number of carbonyl (C=O) groups is 1. The van der Waals surface area contributed by atoms with Crippen LogP contribution in [0.4, 0.5) is 30.6 Å². The maximum atomic E-state index is 12.8. The molecule has 0 radical (unpaired) electrons. The summed E-state index contributed by atoms with van der Waals surface area (Å²) >= 11 is 0. The van der Waals surface area contributed by atoms with Gasteiger partial charge in [0.25, 0.3) is 0 Å². The number of halogens is 3. The number of aromatic nitrogens is 4. The summed E-state index contributed by atoms with van der Waals surface area (Å²) < 4.78 is 38.4. The van der Waals surface area contributed by atoms with Gasteiger partial charge in [0.15, 0.2) is 0 Å². The van der Waals surface area contributed by atoms with Crippen molar-refractivity contribution >= 4 is 34.4 Å². The molecule has 5 N–H and O–H groups in total. The second kappa shape index (κ2) is 7.22. The van der Waals surface area contributed by atoms with Gasteiger partial charge in [-0.15, -0.1) is 0 Å². The van der Waals surface area contributed by atoms with E-state index in [4.69, 9.17) is 5.73 Å². The van der Waals surface area contributed by atoms with E-state index in [0.29, 0.717) is 24.0 Å². The number of H-pyrrole nitrogens is 1. The lowest BCUT2D eigenvalue weighted by Crippen LogP contribution is -2.17. The number of fused-ring (bicyclic) bond motifs is 1. The Morgan fingerprint density at radius 1 is 1.28 bits per heavy atom. The summed E-state index contributed by atoms with van der Waals surface area (Å²) in [5.41, 5.74) is 7.11. The van der Waals surface area contributed by atoms with Crippen LogP contribution >= 0.6 is 0 Å². The highest BCUT2D eigenvalue weighted by atomic mass is 19.4. The Labute approximate surface area is 163 Å². The van der Waals surface area contributed by atoms with Crippen LogP contribution in [-0.4, -0.2) is 32.4 Å². The van der Waals surface area contributed by atoms with Crippen LogP contribution in [0.1, 0.15) is 36.6 Å². The molecule has 1 fully saturated rings. The van der Waals surface area contributed by atoms with Crippen molar-refractivity contribution in [2.75, 3.05) is 17.2 Å². The van der Waals surface area contributed by atoms with Crippen LogP contribution in [-0.2, 0) is 11.0 Å². The number of nitrogens with two attached hydrogens (primary N) is 1. The minimum absolute atomic E-state index is 0.175. The first-order valence-electron chi connectivity index (χ1n) is 9.02. The fourth-order valence-corrected chi connectivity index (χ4v) is 2.94. The summed E-state index contributed by atoms with van der Waals surface area (Å²) in [4.78, 5) is 25.5. The van der Waals surface area contributed by atoms with Crippen molar-refractivity contribution < 1.29 is 18.0 Å². The number of rotatable bonds is 7. The molecule has 1 amide bonds. The Hall–Kier alpha value is -3.37. The van der Waals surface area contributed by atoms with E-state index in [9.17, 15) is 18.0 Å². The van der Waals surface area contributed by atoms with E-state index in [0.717, 1.165) is 18.4 Å². The van der Waals surface area contributed by atoms with Crippen molar-refractivity contribution in [3.63, 3.8) is 0 Å². The molecule has 11 heteroatoms. The van der Waals surface area contributed by atoms with Crippen LogP contribution in [0.5, 0.6) is 0 Å². The van der Waals surface area contributed by atoms with E-state index in [1.807, 2.05) is 0 Å². The van der Waals surface area contributed by atoms with E-state index in [1.165, 1.54) is 12.1 Å². The number of nitrogens with zero attached hydrogens (tertiary/aromatic N) is 3. The Balaban J connectivity index is 1.55. The summed E-state index contributed by atoms with van der Waals surface area (Å²) in [6, 6.07) is 4.59. The third kappa shape index (κ3) is 4.39. The van der Waals surface area contributed by atoms with Crippen molar-refractivity contribution in [3.8, 4) is 0 Å². The molecule has 1 saturated carbocycles. The average Bonchev–Trinajstić information content (AvgIpc) is 3.38. The van der Waals surface area contributed by atoms with Gasteiger partial charge in [-0.3, -0.25) is 4.79 Å². The number of carbonyl (C=O) groups excluding carboxylic acids is 1. The third-order valence-electron chi connectivity index (χ3n) is 4.50. The molecule has 0 bridgehead atoms. The van der Waals surface area contributed by atoms with Crippen molar-refractivity contribution in [3.05, 3.63) is 35.8 Å². The first-order chi connectivity index (χ1) is 13.8. The molecule has 152 valence electrons. The molecule has 0 saturated heterocycles. The molecule has 4 rings (SSSR count). The van der Waals surface area contributed by atoms with Gasteiger partial charge in [0.1, 0.15) is 5.82 Å². The summed E-state index contributed by atoms with van der Waals surface area (Å²) in [6.45, 7) is 0.353. The van der Waals surface area contributed by atoms with E-state index in [2.05, 4.69) is 30.6 Å². The van der Waals surface area contributed by atoms with Gasteiger partial charge in [0, 0.05) is 30.4 Å². The molecule has 3 aromatic rings. The molecule has 1 aromatic carbocycles. The molecule has 2 heterocycles. The Morgan fingerprint density at radius 2 is 2.07 bits per heavy atom. The van der Waals surface area contributed by atoms with Crippen molar-refractivity contribution in [1.29, 1.82) is 0 Å². The van der Waals surface area contributed by atoms with Gasteiger partial charge in [-0.2, -0.15) is 18.2 Å². The van der Waals surface area contributed by atoms with Crippen LogP contribution in [0.3, 0.4) is 0 Å². The largest absolute Gasteiger partial charge is 0.449 e. The number of benzene rings is 1. The number of aromatic amines is 1. The van der Waals surface area contributed by atoms with E-state index < -0.39 is 17.9 Å². The maximum Gasteiger partial charge on any atom is 0.449 e. The van der Waals surface area contributed by atoms with E-state index in [1.54, 1.807) is 12.3 Å². The molecule has 1 aliphatic carbocycles. The van der Waals surface area contributed by atoms with Gasteiger partial charge in [-0.25, -0.2) is 9.97 Å².